The number of amides is 1. The summed E-state index contributed by atoms with van der Waals surface area (Å²) in [5, 5.41) is 0.500. The van der Waals surface area contributed by atoms with Gasteiger partial charge in [0.05, 0.1) is 18.6 Å². The van der Waals surface area contributed by atoms with Crippen LogP contribution in [0.5, 0.6) is 0 Å². The molecule has 0 spiro atoms. The summed E-state index contributed by atoms with van der Waals surface area (Å²) in [6.07, 6.45) is -0.999. The van der Waals surface area contributed by atoms with E-state index in [9.17, 15) is 19.2 Å². The average molecular weight is 430 g/mol. The van der Waals surface area contributed by atoms with Crippen LogP contribution in [0, 0.1) is 5.92 Å². The van der Waals surface area contributed by atoms with Crippen molar-refractivity contribution < 1.29 is 28.7 Å². The van der Waals surface area contributed by atoms with Crippen LogP contribution in [0.2, 0.25) is 5.02 Å². The Labute approximate surface area is 178 Å². The number of rotatable bonds is 6. The number of Topliss-reactive ketones (excluding diaryl/α,β-unsaturated/α-hetero) is 1. The molecule has 0 aromatic heterocycles. The molecule has 0 radical (unpaired) electrons. The summed E-state index contributed by atoms with van der Waals surface area (Å²) < 4.78 is 9.97. The summed E-state index contributed by atoms with van der Waals surface area (Å²) in [7, 11) is 1.29. The van der Waals surface area contributed by atoms with Crippen LogP contribution in [-0.2, 0) is 19.1 Å². The number of ether oxygens (including phenoxy) is 2. The van der Waals surface area contributed by atoms with E-state index in [2.05, 4.69) is 4.74 Å². The maximum absolute atomic E-state index is 12.5. The molecule has 30 heavy (non-hydrogen) atoms. The molecule has 0 aliphatic carbocycles. The summed E-state index contributed by atoms with van der Waals surface area (Å²) in [5.41, 5.74) is 1.31. The Balaban J connectivity index is 1.62. The number of nitrogens with zero attached hydrogens (tertiary/aromatic N) is 1. The van der Waals surface area contributed by atoms with E-state index in [4.69, 9.17) is 16.3 Å². The lowest BCUT2D eigenvalue weighted by molar-refractivity contribution is -0.151. The minimum atomic E-state index is -0.984. The second-order valence-corrected chi connectivity index (χ2v) is 7.33. The van der Waals surface area contributed by atoms with Crippen LogP contribution in [0.4, 0.5) is 5.69 Å². The first-order valence-electron chi connectivity index (χ1n) is 9.29. The van der Waals surface area contributed by atoms with Crippen LogP contribution in [0.15, 0.2) is 48.5 Å². The van der Waals surface area contributed by atoms with Crippen LogP contribution in [0.1, 0.15) is 34.1 Å². The minimum Gasteiger partial charge on any atom is -0.465 e. The molecule has 1 heterocycles. The van der Waals surface area contributed by atoms with E-state index in [1.54, 1.807) is 48.5 Å². The van der Waals surface area contributed by atoms with Gasteiger partial charge >= 0.3 is 11.9 Å². The largest absolute Gasteiger partial charge is 0.465 e. The van der Waals surface area contributed by atoms with Crippen molar-refractivity contribution in [1.29, 1.82) is 0 Å². The number of benzene rings is 2. The van der Waals surface area contributed by atoms with Gasteiger partial charge in [-0.1, -0.05) is 11.6 Å². The summed E-state index contributed by atoms with van der Waals surface area (Å²) in [5.74, 6) is -2.35. The maximum atomic E-state index is 12.5. The van der Waals surface area contributed by atoms with Crippen molar-refractivity contribution in [2.75, 3.05) is 18.6 Å². The highest BCUT2D eigenvalue weighted by molar-refractivity contribution is 6.30. The lowest BCUT2D eigenvalue weighted by atomic mass is 10.1. The van der Waals surface area contributed by atoms with Crippen molar-refractivity contribution in [1.82, 2.24) is 0 Å². The fraction of sp³-hybridized carbons (Fsp3) is 0.273. The fourth-order valence-corrected chi connectivity index (χ4v) is 3.31. The normalized spacial score (nSPS) is 16.8. The fourth-order valence-electron chi connectivity index (χ4n) is 3.18. The number of hydrogen-bond donors (Lipinski definition) is 0. The molecule has 1 fully saturated rings. The molecule has 3 rings (SSSR count). The first kappa shape index (κ1) is 21.5. The molecule has 0 bridgehead atoms. The molecule has 156 valence electrons. The third kappa shape index (κ3) is 4.68. The molecule has 1 amide bonds. The smallest absolute Gasteiger partial charge is 0.337 e. The Morgan fingerprint density at radius 3 is 2.23 bits per heavy atom. The van der Waals surface area contributed by atoms with E-state index < -0.39 is 24.0 Å². The molecule has 2 aromatic carbocycles. The summed E-state index contributed by atoms with van der Waals surface area (Å²) in [4.78, 5) is 50.3. The molecule has 1 aliphatic rings. The van der Waals surface area contributed by atoms with Crippen LogP contribution >= 0.6 is 11.6 Å². The van der Waals surface area contributed by atoms with Gasteiger partial charge in [0.1, 0.15) is 0 Å². The number of methoxy groups -OCH3 is 1. The highest BCUT2D eigenvalue weighted by Crippen LogP contribution is 2.27. The second kappa shape index (κ2) is 9.09. The van der Waals surface area contributed by atoms with E-state index in [0.29, 0.717) is 21.8 Å². The van der Waals surface area contributed by atoms with Crippen molar-refractivity contribution in [3.05, 3.63) is 64.7 Å². The number of ketones is 1. The van der Waals surface area contributed by atoms with Gasteiger partial charge in [0.15, 0.2) is 6.10 Å². The first-order chi connectivity index (χ1) is 14.3. The van der Waals surface area contributed by atoms with E-state index in [1.165, 1.54) is 18.9 Å². The molecule has 0 unspecified atom stereocenters. The minimum absolute atomic E-state index is 0.0144. The van der Waals surface area contributed by atoms with Crippen molar-refractivity contribution in [3.8, 4) is 0 Å². The van der Waals surface area contributed by atoms with E-state index in [1.807, 2.05) is 0 Å². The highest BCUT2D eigenvalue weighted by atomic mass is 35.5. The third-order valence-corrected chi connectivity index (χ3v) is 5.10. The zero-order chi connectivity index (χ0) is 21.8. The predicted octanol–water partition coefficient (Wildman–Crippen LogP) is 3.29. The van der Waals surface area contributed by atoms with Crippen molar-refractivity contribution in [3.63, 3.8) is 0 Å². The zero-order valence-electron chi connectivity index (χ0n) is 16.5. The molecule has 8 heteroatoms. The standard InChI is InChI=1S/C22H20ClNO6/c1-13(20(26)14-3-7-17(23)8-4-14)30-22(28)16-11-19(25)24(12-16)18-9-5-15(6-10-18)21(27)29-2/h3-10,13,16H,11-12H2,1-2H3/t13-,16-/m1/s1. The maximum Gasteiger partial charge on any atom is 0.337 e. The Morgan fingerprint density at radius 2 is 1.63 bits per heavy atom. The van der Waals surface area contributed by atoms with Gasteiger partial charge in [-0.25, -0.2) is 4.79 Å². The first-order valence-corrected chi connectivity index (χ1v) is 9.67. The summed E-state index contributed by atoms with van der Waals surface area (Å²) in [6.45, 7) is 1.63. The predicted molar refractivity (Wildman–Crippen MR) is 110 cm³/mol. The molecule has 2 aromatic rings. The van der Waals surface area contributed by atoms with Crippen LogP contribution in [0.25, 0.3) is 0 Å². The van der Waals surface area contributed by atoms with Crippen molar-refractivity contribution >= 4 is 40.9 Å². The lowest BCUT2D eigenvalue weighted by Crippen LogP contribution is -2.30. The van der Waals surface area contributed by atoms with Gasteiger partial charge in [-0.15, -0.1) is 0 Å². The number of hydrogen-bond acceptors (Lipinski definition) is 6. The molecule has 2 atom stereocenters. The monoisotopic (exact) mass is 429 g/mol. The van der Waals surface area contributed by atoms with E-state index in [-0.39, 0.29) is 24.7 Å². The van der Waals surface area contributed by atoms with Gasteiger partial charge in [-0.05, 0) is 55.5 Å². The Kier molecular flexibility index (Phi) is 6.52. The lowest BCUT2D eigenvalue weighted by Gasteiger charge is -2.18. The number of carbonyl (C=O) groups is 4. The molecular weight excluding hydrogens is 410 g/mol. The Morgan fingerprint density at radius 1 is 1.03 bits per heavy atom. The molecular formula is C22H20ClNO6. The van der Waals surface area contributed by atoms with Gasteiger partial charge in [0, 0.05) is 29.2 Å². The van der Waals surface area contributed by atoms with E-state index in [0.717, 1.165) is 0 Å². The third-order valence-electron chi connectivity index (χ3n) is 4.85. The quantitative estimate of drug-likeness (QED) is 0.517. The van der Waals surface area contributed by atoms with Crippen molar-refractivity contribution in [2.24, 2.45) is 5.92 Å². The van der Waals surface area contributed by atoms with E-state index >= 15 is 0 Å². The number of carbonyl (C=O) groups excluding carboxylic acids is 4. The molecule has 1 aliphatic heterocycles. The van der Waals surface area contributed by atoms with Crippen LogP contribution < -0.4 is 4.90 Å². The average Bonchev–Trinajstić information content (AvgIpc) is 3.15. The Hall–Kier alpha value is -3.19. The molecule has 0 saturated carbocycles. The SMILES string of the molecule is COC(=O)c1ccc(N2C[C@H](C(=O)O[C@H](C)C(=O)c3ccc(Cl)cc3)CC2=O)cc1. The number of esters is 2. The molecule has 1 saturated heterocycles. The van der Waals surface area contributed by atoms with Gasteiger partial charge in [0.25, 0.3) is 0 Å². The topological polar surface area (TPSA) is 90.0 Å². The number of anilines is 1. The Bertz CT molecular complexity index is 970. The van der Waals surface area contributed by atoms with Crippen molar-refractivity contribution in [2.45, 2.75) is 19.4 Å². The van der Waals surface area contributed by atoms with Gasteiger partial charge < -0.3 is 14.4 Å². The second-order valence-electron chi connectivity index (χ2n) is 6.89. The van der Waals surface area contributed by atoms with Gasteiger partial charge in [-0.2, -0.15) is 0 Å². The van der Waals surface area contributed by atoms with Gasteiger partial charge in [0.2, 0.25) is 11.7 Å². The molecule has 7 nitrogen and oxygen atoms in total. The van der Waals surface area contributed by atoms with Crippen LogP contribution in [-0.4, -0.2) is 43.4 Å². The summed E-state index contributed by atoms with van der Waals surface area (Å²) >= 11 is 5.82. The zero-order valence-corrected chi connectivity index (χ0v) is 17.2. The summed E-state index contributed by atoms with van der Waals surface area (Å²) in [6, 6.07) is 12.6. The number of halogens is 1. The van der Waals surface area contributed by atoms with Crippen LogP contribution in [0.3, 0.4) is 0 Å². The molecule has 0 N–H and O–H groups in total. The van der Waals surface area contributed by atoms with Gasteiger partial charge in [-0.3, -0.25) is 14.4 Å². The highest BCUT2D eigenvalue weighted by Gasteiger charge is 2.37.